The number of amides is 4. The Hall–Kier alpha value is -7.28. The summed E-state index contributed by atoms with van der Waals surface area (Å²) < 4.78 is 133. The number of anilines is 1. The molecule has 4 amide bonds. The lowest BCUT2D eigenvalue weighted by Gasteiger charge is -2.42. The standard InChI is InChI=1S/C51H57F8N11O8/c1-48(2,50(54,55)56)40(65-46(74)76-5)43(72)64-38(16-29-11-8-28(9-12-29)10-13-30-20-62-45(63-21-30)70-23-32-19-33(70)22-69(32)34-26-78-27-34)39(71)25-68(67-44(73)41(66-47(75)77-6)49(3,4)51(57,58)59)24-35-36(52)17-31(18-37(35)53)42-60-14-7-15-61-42/h7-9,11-12,14-15,17-18,20-21,32-34,38-41,71H,16,19,22-27H2,1-6H3,(H,64,72)(H,65,74)(H,66,75)(H,67,73)/t32-,33-,38-,39-,40+,41+/m0/s1. The van der Waals surface area contributed by atoms with E-state index < -0.39 is 108 Å². The number of carbonyl (C=O) groups excluding carboxylic acids is 4. The van der Waals surface area contributed by atoms with E-state index in [9.17, 15) is 50.6 Å². The fourth-order valence-corrected chi connectivity index (χ4v) is 9.08. The second kappa shape index (κ2) is 23.8. The number of ether oxygens (including phenoxy) is 3. The number of benzene rings is 2. The number of carbonyl (C=O) groups is 4. The van der Waals surface area contributed by atoms with Crippen molar-refractivity contribution in [1.29, 1.82) is 0 Å². The molecule has 7 rings (SSSR count). The summed E-state index contributed by atoms with van der Waals surface area (Å²) in [5, 5.41) is 18.6. The minimum Gasteiger partial charge on any atom is -0.453 e. The van der Waals surface area contributed by atoms with Crippen molar-refractivity contribution in [3.8, 4) is 23.2 Å². The number of hydrogen-bond donors (Lipinski definition) is 5. The van der Waals surface area contributed by atoms with Gasteiger partial charge in [0.1, 0.15) is 23.7 Å². The smallest absolute Gasteiger partial charge is 0.407 e. The molecule has 5 heterocycles. The molecule has 0 radical (unpaired) electrons. The average molecular weight is 1100 g/mol. The summed E-state index contributed by atoms with van der Waals surface area (Å²) in [5.41, 5.74) is -3.71. The van der Waals surface area contributed by atoms with Crippen molar-refractivity contribution in [2.75, 3.05) is 52.0 Å². The van der Waals surface area contributed by atoms with Crippen molar-refractivity contribution in [2.24, 2.45) is 10.8 Å². The zero-order valence-corrected chi connectivity index (χ0v) is 43.0. The van der Waals surface area contributed by atoms with Gasteiger partial charge in [-0.05, 0) is 76.4 Å². The van der Waals surface area contributed by atoms with Gasteiger partial charge in [0.25, 0.3) is 5.91 Å². The van der Waals surface area contributed by atoms with Gasteiger partial charge in [0.2, 0.25) is 11.9 Å². The van der Waals surface area contributed by atoms with Crippen molar-refractivity contribution in [3.63, 3.8) is 0 Å². The van der Waals surface area contributed by atoms with Crippen molar-refractivity contribution >= 4 is 29.9 Å². The molecule has 3 aliphatic heterocycles. The molecule has 3 saturated heterocycles. The number of nitrogens with one attached hydrogen (secondary N) is 4. The van der Waals surface area contributed by atoms with Crippen LogP contribution in [0.1, 0.15) is 56.4 Å². The molecule has 4 aromatic rings. The van der Waals surface area contributed by atoms with Gasteiger partial charge in [0.15, 0.2) is 5.82 Å². The molecule has 2 bridgehead atoms. The van der Waals surface area contributed by atoms with Crippen LogP contribution in [-0.4, -0.2) is 161 Å². The number of rotatable bonds is 18. The average Bonchev–Trinajstić information content (AvgIpc) is 4.02. The highest BCUT2D eigenvalue weighted by Crippen LogP contribution is 2.42. The molecular weight excluding hydrogens is 1050 g/mol. The van der Waals surface area contributed by atoms with Gasteiger partial charge in [0.05, 0.1) is 62.0 Å². The molecule has 6 atom stereocenters. The number of hydrazine groups is 1. The maximum atomic E-state index is 16.0. The number of alkyl carbamates (subject to hydrolysis) is 2. The van der Waals surface area contributed by atoms with E-state index in [1.165, 1.54) is 30.6 Å². The molecule has 2 aromatic heterocycles. The molecule has 0 aliphatic carbocycles. The molecule has 19 nitrogen and oxygen atoms in total. The van der Waals surface area contributed by atoms with Crippen LogP contribution in [0, 0.1) is 34.3 Å². The summed E-state index contributed by atoms with van der Waals surface area (Å²) in [6, 6.07) is 3.67. The van der Waals surface area contributed by atoms with Gasteiger partial charge in [-0.2, -0.15) is 26.3 Å². The first-order valence-corrected chi connectivity index (χ1v) is 24.3. The van der Waals surface area contributed by atoms with E-state index in [1.807, 2.05) is 10.6 Å². The number of aromatic nitrogens is 4. The molecule has 0 saturated carbocycles. The van der Waals surface area contributed by atoms with E-state index in [-0.39, 0.29) is 17.4 Å². The Morgan fingerprint density at radius 2 is 1.32 bits per heavy atom. The molecule has 27 heteroatoms. The lowest BCUT2D eigenvalue weighted by Crippen LogP contribution is -2.63. The molecule has 3 aliphatic rings. The Labute approximate surface area is 442 Å². The molecule has 78 heavy (non-hydrogen) atoms. The highest BCUT2D eigenvalue weighted by molar-refractivity contribution is 5.87. The minimum absolute atomic E-state index is 0.100. The highest BCUT2D eigenvalue weighted by Gasteiger charge is 2.57. The largest absolute Gasteiger partial charge is 0.453 e. The zero-order chi connectivity index (χ0) is 56.9. The number of aliphatic hydroxyl groups is 1. The van der Waals surface area contributed by atoms with E-state index in [1.54, 1.807) is 24.5 Å². The molecule has 420 valence electrons. The van der Waals surface area contributed by atoms with Crippen LogP contribution in [0.2, 0.25) is 0 Å². The first kappa shape index (κ1) is 58.4. The van der Waals surface area contributed by atoms with Crippen LogP contribution in [0.4, 0.5) is 50.7 Å². The van der Waals surface area contributed by atoms with Crippen molar-refractivity contribution in [3.05, 3.63) is 101 Å². The first-order valence-electron chi connectivity index (χ1n) is 24.3. The summed E-state index contributed by atoms with van der Waals surface area (Å²) >= 11 is 0. The van der Waals surface area contributed by atoms with Gasteiger partial charge in [-0.1, -0.05) is 24.0 Å². The van der Waals surface area contributed by atoms with Crippen LogP contribution in [-0.2, 0) is 36.8 Å². The van der Waals surface area contributed by atoms with Crippen LogP contribution in [0.3, 0.4) is 0 Å². The summed E-state index contributed by atoms with van der Waals surface area (Å²) in [7, 11) is 1.65. The van der Waals surface area contributed by atoms with E-state index in [0.717, 1.165) is 59.1 Å². The van der Waals surface area contributed by atoms with Crippen molar-refractivity contribution < 1.29 is 73.6 Å². The van der Waals surface area contributed by atoms with Gasteiger partial charge in [-0.25, -0.2) is 43.3 Å². The maximum absolute atomic E-state index is 16.0. The lowest BCUT2D eigenvalue weighted by atomic mass is 9.82. The summed E-state index contributed by atoms with van der Waals surface area (Å²) in [5.74, 6) is 0.754. The van der Waals surface area contributed by atoms with Crippen LogP contribution < -0.4 is 26.3 Å². The van der Waals surface area contributed by atoms with Gasteiger partial charge < -0.3 is 40.2 Å². The molecule has 2 aromatic carbocycles. The summed E-state index contributed by atoms with van der Waals surface area (Å²) in [4.78, 5) is 74.5. The van der Waals surface area contributed by atoms with E-state index in [0.29, 0.717) is 67.4 Å². The third kappa shape index (κ3) is 13.3. The fourth-order valence-electron chi connectivity index (χ4n) is 9.08. The number of aliphatic hydroxyl groups excluding tert-OH is 1. The monoisotopic (exact) mass is 1100 g/mol. The topological polar surface area (TPSA) is 226 Å². The van der Waals surface area contributed by atoms with E-state index in [4.69, 9.17) is 4.74 Å². The normalized spacial score (nSPS) is 18.4. The number of piperazine rings is 1. The second-order valence-electron chi connectivity index (χ2n) is 20.1. The summed E-state index contributed by atoms with van der Waals surface area (Å²) in [6.07, 6.45) is -8.98. The second-order valence-corrected chi connectivity index (χ2v) is 20.1. The predicted octanol–water partition coefficient (Wildman–Crippen LogP) is 4.82. The SMILES string of the molecule is COC(=O)N[C@H](C(=O)N[C@@H](Cc1ccc(C#Cc2cnc(N3C[C@@H]4C[C@H]3CN4C3COC3)nc2)cc1)[C@@H](O)CN(Cc1c(F)cc(-c2ncccn2)cc1F)NC(=O)[C@@H](NC(=O)OC)C(C)(C)C(F)(F)F)C(C)(C)C(F)(F)F. The van der Waals surface area contributed by atoms with Crippen LogP contribution >= 0.6 is 0 Å². The van der Waals surface area contributed by atoms with Gasteiger partial charge in [0, 0.05) is 79.7 Å². The highest BCUT2D eigenvalue weighted by atomic mass is 19.4. The number of alkyl halides is 6. The molecular formula is C51H57F8N11O8. The Kier molecular flexibility index (Phi) is 17.8. The number of methoxy groups -OCH3 is 2. The molecule has 5 N–H and O–H groups in total. The Balaban J connectivity index is 1.18. The Morgan fingerprint density at radius 3 is 1.82 bits per heavy atom. The maximum Gasteiger partial charge on any atom is 0.407 e. The fraction of sp³-hybridized carbons (Fsp3) is 0.490. The van der Waals surface area contributed by atoms with Crippen molar-refractivity contribution in [2.45, 2.75) is 102 Å². The Morgan fingerprint density at radius 1 is 0.769 bits per heavy atom. The Bertz CT molecular complexity index is 2830. The van der Waals surface area contributed by atoms with Gasteiger partial charge >= 0.3 is 24.5 Å². The number of nitrogens with zero attached hydrogens (tertiary/aromatic N) is 7. The number of fused-ring (bicyclic) bond motifs is 2. The third-order valence-corrected chi connectivity index (χ3v) is 14.1. The number of likely N-dealkylation sites (tertiary alicyclic amines) is 1. The predicted molar refractivity (Wildman–Crippen MR) is 261 cm³/mol. The molecule has 0 unspecified atom stereocenters. The number of hydrogen-bond acceptors (Lipinski definition) is 15. The quantitative estimate of drug-likeness (QED) is 0.0512. The summed E-state index contributed by atoms with van der Waals surface area (Å²) in [6.45, 7) is 3.45. The lowest BCUT2D eigenvalue weighted by molar-refractivity contribution is -0.221. The molecule has 0 spiro atoms. The van der Waals surface area contributed by atoms with Crippen LogP contribution in [0.5, 0.6) is 0 Å². The van der Waals surface area contributed by atoms with Crippen LogP contribution in [0.25, 0.3) is 11.4 Å². The minimum atomic E-state index is -5.19. The van der Waals surface area contributed by atoms with Crippen LogP contribution in [0.15, 0.2) is 67.3 Å². The van der Waals surface area contributed by atoms with Gasteiger partial charge in [-0.15, -0.1) is 0 Å². The van der Waals surface area contributed by atoms with E-state index >= 15 is 8.78 Å². The van der Waals surface area contributed by atoms with E-state index in [2.05, 4.69) is 61.8 Å². The number of halogens is 8. The molecule has 3 fully saturated rings. The van der Waals surface area contributed by atoms with Crippen molar-refractivity contribution in [1.82, 2.24) is 51.2 Å². The first-order chi connectivity index (χ1) is 36.7. The zero-order valence-electron chi connectivity index (χ0n) is 43.0. The van der Waals surface area contributed by atoms with Gasteiger partial charge in [-0.3, -0.25) is 19.9 Å². The third-order valence-electron chi connectivity index (χ3n) is 14.1.